The molecule has 3 rings (SSSR count). The van der Waals surface area contributed by atoms with E-state index in [1.54, 1.807) is 16.8 Å². The lowest BCUT2D eigenvalue weighted by atomic mass is 10.3. The topological polar surface area (TPSA) is 56.1 Å². The molecule has 122 valence electrons. The van der Waals surface area contributed by atoms with Crippen LogP contribution in [0.5, 0.6) is 5.75 Å². The van der Waals surface area contributed by atoms with Crippen LogP contribution in [-0.2, 0) is 4.79 Å². The summed E-state index contributed by atoms with van der Waals surface area (Å²) in [5, 5.41) is 7.26. The largest absolute Gasteiger partial charge is 0.484 e. The maximum atomic E-state index is 12.2. The average Bonchev–Trinajstić information content (AvgIpc) is 2.95. The van der Waals surface area contributed by atoms with E-state index in [4.69, 9.17) is 4.74 Å². The molecule has 1 heterocycles. The Morgan fingerprint density at radius 2 is 1.88 bits per heavy atom. The van der Waals surface area contributed by atoms with E-state index in [2.05, 4.69) is 26.3 Å². The van der Waals surface area contributed by atoms with Crippen molar-refractivity contribution in [3.8, 4) is 11.4 Å². The summed E-state index contributed by atoms with van der Waals surface area (Å²) in [5.41, 5.74) is 1.71. The fourth-order valence-corrected chi connectivity index (χ4v) is 2.48. The SMILES string of the molecule is Cc1cc(NC(=O)COc2ccc(Br)cc2)n(-c2ccccc2)n1. The van der Waals surface area contributed by atoms with Gasteiger partial charge in [-0.1, -0.05) is 34.1 Å². The van der Waals surface area contributed by atoms with Gasteiger partial charge in [-0.3, -0.25) is 4.79 Å². The number of aryl methyl sites for hydroxylation is 1. The second-order valence-electron chi connectivity index (χ2n) is 5.21. The van der Waals surface area contributed by atoms with E-state index in [1.807, 2.05) is 55.5 Å². The van der Waals surface area contributed by atoms with Crippen molar-refractivity contribution in [3.05, 3.63) is 70.8 Å². The summed E-state index contributed by atoms with van der Waals surface area (Å²) in [6.45, 7) is 1.81. The maximum Gasteiger partial charge on any atom is 0.263 e. The van der Waals surface area contributed by atoms with Crippen LogP contribution < -0.4 is 10.1 Å². The van der Waals surface area contributed by atoms with Gasteiger partial charge in [-0.2, -0.15) is 5.10 Å². The Morgan fingerprint density at radius 1 is 1.17 bits per heavy atom. The number of rotatable bonds is 5. The minimum Gasteiger partial charge on any atom is -0.484 e. The number of anilines is 1. The molecule has 0 fully saturated rings. The molecule has 1 amide bonds. The molecule has 0 aliphatic carbocycles. The molecule has 1 N–H and O–H groups in total. The molecule has 0 aliphatic heterocycles. The maximum absolute atomic E-state index is 12.2. The molecule has 0 aliphatic rings. The van der Waals surface area contributed by atoms with Crippen LogP contribution in [0.3, 0.4) is 0 Å². The van der Waals surface area contributed by atoms with Gasteiger partial charge in [-0.25, -0.2) is 4.68 Å². The number of halogens is 1. The predicted molar refractivity (Wildman–Crippen MR) is 96.6 cm³/mol. The number of ether oxygens (including phenoxy) is 1. The smallest absolute Gasteiger partial charge is 0.263 e. The minimum absolute atomic E-state index is 0.0688. The second kappa shape index (κ2) is 7.31. The van der Waals surface area contributed by atoms with E-state index in [0.717, 1.165) is 15.9 Å². The zero-order valence-corrected chi connectivity index (χ0v) is 14.7. The summed E-state index contributed by atoms with van der Waals surface area (Å²) in [6, 6.07) is 18.8. The highest BCUT2D eigenvalue weighted by Gasteiger charge is 2.11. The summed E-state index contributed by atoms with van der Waals surface area (Å²) >= 11 is 3.36. The van der Waals surface area contributed by atoms with Crippen molar-refractivity contribution in [1.82, 2.24) is 9.78 Å². The first-order chi connectivity index (χ1) is 11.6. The zero-order valence-electron chi connectivity index (χ0n) is 13.1. The number of carbonyl (C=O) groups is 1. The molecule has 0 saturated heterocycles. The van der Waals surface area contributed by atoms with Crippen molar-refractivity contribution in [3.63, 3.8) is 0 Å². The summed E-state index contributed by atoms with van der Waals surface area (Å²) in [7, 11) is 0. The Hall–Kier alpha value is -2.60. The highest BCUT2D eigenvalue weighted by Crippen LogP contribution is 2.18. The average molecular weight is 386 g/mol. The Bertz CT molecular complexity index is 829. The fraction of sp³-hybridized carbons (Fsp3) is 0.111. The lowest BCUT2D eigenvalue weighted by Crippen LogP contribution is -2.21. The monoisotopic (exact) mass is 385 g/mol. The third-order valence-electron chi connectivity index (χ3n) is 3.28. The molecule has 0 spiro atoms. The van der Waals surface area contributed by atoms with Gasteiger partial charge < -0.3 is 10.1 Å². The van der Waals surface area contributed by atoms with E-state index in [9.17, 15) is 4.79 Å². The lowest BCUT2D eigenvalue weighted by Gasteiger charge is -2.10. The van der Waals surface area contributed by atoms with Gasteiger partial charge in [0.25, 0.3) is 5.91 Å². The number of amides is 1. The number of nitrogens with one attached hydrogen (secondary N) is 1. The van der Waals surface area contributed by atoms with Crippen molar-refractivity contribution < 1.29 is 9.53 Å². The van der Waals surface area contributed by atoms with E-state index < -0.39 is 0 Å². The normalized spacial score (nSPS) is 10.4. The summed E-state index contributed by atoms with van der Waals surface area (Å²) < 4.78 is 8.15. The van der Waals surface area contributed by atoms with Gasteiger partial charge in [0.05, 0.1) is 11.4 Å². The number of hydrogen-bond donors (Lipinski definition) is 1. The summed E-state index contributed by atoms with van der Waals surface area (Å²) in [4.78, 5) is 12.2. The molecule has 1 aromatic heterocycles. The van der Waals surface area contributed by atoms with Gasteiger partial charge in [0.1, 0.15) is 11.6 Å². The van der Waals surface area contributed by atoms with Crippen molar-refractivity contribution in [1.29, 1.82) is 0 Å². The predicted octanol–water partition coefficient (Wildman–Crippen LogP) is 3.96. The first kappa shape index (κ1) is 16.3. The standard InChI is InChI=1S/C18H16BrN3O2/c1-13-11-17(22(21-13)15-5-3-2-4-6-15)20-18(23)12-24-16-9-7-14(19)8-10-16/h2-11H,12H2,1H3,(H,20,23). The number of nitrogens with zero attached hydrogens (tertiary/aromatic N) is 2. The van der Waals surface area contributed by atoms with Gasteiger partial charge in [0.15, 0.2) is 6.61 Å². The first-order valence-electron chi connectivity index (χ1n) is 7.42. The number of benzene rings is 2. The molecule has 0 radical (unpaired) electrons. The Labute approximate surface area is 148 Å². The van der Waals surface area contributed by atoms with Gasteiger partial charge in [0.2, 0.25) is 0 Å². The van der Waals surface area contributed by atoms with Gasteiger partial charge in [-0.15, -0.1) is 0 Å². The van der Waals surface area contributed by atoms with E-state index in [-0.39, 0.29) is 12.5 Å². The number of aromatic nitrogens is 2. The molecule has 0 saturated carbocycles. The Morgan fingerprint density at radius 3 is 2.58 bits per heavy atom. The molecule has 0 unspecified atom stereocenters. The van der Waals surface area contributed by atoms with Gasteiger partial charge >= 0.3 is 0 Å². The van der Waals surface area contributed by atoms with Crippen LogP contribution in [0.4, 0.5) is 5.82 Å². The zero-order chi connectivity index (χ0) is 16.9. The van der Waals surface area contributed by atoms with Gasteiger partial charge in [0, 0.05) is 10.5 Å². The Kier molecular flexibility index (Phi) is 4.96. The molecule has 5 nitrogen and oxygen atoms in total. The van der Waals surface area contributed by atoms with Crippen LogP contribution in [0.1, 0.15) is 5.69 Å². The molecule has 0 atom stereocenters. The third kappa shape index (κ3) is 4.02. The van der Waals surface area contributed by atoms with Crippen LogP contribution in [0.2, 0.25) is 0 Å². The first-order valence-corrected chi connectivity index (χ1v) is 8.21. The highest BCUT2D eigenvalue weighted by atomic mass is 79.9. The molecule has 24 heavy (non-hydrogen) atoms. The van der Waals surface area contributed by atoms with Crippen LogP contribution in [0.25, 0.3) is 5.69 Å². The molecule has 6 heteroatoms. The molecular weight excluding hydrogens is 370 g/mol. The van der Waals surface area contributed by atoms with Crippen molar-refractivity contribution in [2.24, 2.45) is 0 Å². The quantitative estimate of drug-likeness (QED) is 0.722. The van der Waals surface area contributed by atoms with Crippen molar-refractivity contribution >= 4 is 27.7 Å². The van der Waals surface area contributed by atoms with Crippen LogP contribution >= 0.6 is 15.9 Å². The Balaban J connectivity index is 1.67. The number of hydrogen-bond acceptors (Lipinski definition) is 3. The number of para-hydroxylation sites is 1. The highest BCUT2D eigenvalue weighted by molar-refractivity contribution is 9.10. The van der Waals surface area contributed by atoms with Crippen LogP contribution in [0, 0.1) is 6.92 Å². The molecule has 3 aromatic rings. The van der Waals surface area contributed by atoms with Crippen LogP contribution in [0.15, 0.2) is 65.1 Å². The van der Waals surface area contributed by atoms with E-state index >= 15 is 0 Å². The van der Waals surface area contributed by atoms with E-state index in [0.29, 0.717) is 11.6 Å². The fourth-order valence-electron chi connectivity index (χ4n) is 2.21. The second-order valence-corrected chi connectivity index (χ2v) is 6.12. The third-order valence-corrected chi connectivity index (χ3v) is 3.81. The van der Waals surface area contributed by atoms with Crippen molar-refractivity contribution in [2.45, 2.75) is 6.92 Å². The number of carbonyl (C=O) groups excluding carboxylic acids is 1. The lowest BCUT2D eigenvalue weighted by molar-refractivity contribution is -0.118. The molecule has 2 aromatic carbocycles. The summed E-state index contributed by atoms with van der Waals surface area (Å²) in [5.74, 6) is 1.01. The van der Waals surface area contributed by atoms with Crippen LogP contribution in [-0.4, -0.2) is 22.3 Å². The van der Waals surface area contributed by atoms with Crippen molar-refractivity contribution in [2.75, 3.05) is 11.9 Å². The minimum atomic E-state index is -0.241. The summed E-state index contributed by atoms with van der Waals surface area (Å²) in [6.07, 6.45) is 0. The van der Waals surface area contributed by atoms with Gasteiger partial charge in [-0.05, 0) is 43.3 Å². The van der Waals surface area contributed by atoms with E-state index in [1.165, 1.54) is 0 Å². The molecule has 0 bridgehead atoms. The molecular formula is C18H16BrN3O2.